The topological polar surface area (TPSA) is 76.5 Å². The first-order valence-electron chi connectivity index (χ1n) is 5.66. The number of carboxylic acids is 1. The van der Waals surface area contributed by atoms with Gasteiger partial charge in [-0.15, -0.1) is 0 Å². The van der Waals surface area contributed by atoms with Crippen molar-refractivity contribution < 1.29 is 19.4 Å². The second-order valence-corrected chi connectivity index (χ2v) is 4.90. The first-order chi connectivity index (χ1) is 9.60. The number of hydrogen-bond donors (Lipinski definition) is 1. The summed E-state index contributed by atoms with van der Waals surface area (Å²) in [6.07, 6.45) is 1.51. The Morgan fingerprint density at radius 2 is 2.00 bits per heavy atom. The number of benzene rings is 1. The number of aromatic carboxylic acids is 1. The van der Waals surface area contributed by atoms with Crippen LogP contribution in [0.5, 0.6) is 0 Å². The molecule has 2 rings (SSSR count). The third-order valence-corrected chi connectivity index (χ3v) is 3.38. The number of carbonyl (C=O) groups is 2. The second-order valence-electron chi connectivity index (χ2n) is 3.81. The fourth-order valence-corrected chi connectivity index (χ4v) is 2.40. The van der Waals surface area contributed by atoms with Crippen molar-refractivity contribution in [1.29, 1.82) is 0 Å². The molecule has 0 aliphatic rings. The Bertz CT molecular complexity index is 657. The molecule has 0 atom stereocenters. The van der Waals surface area contributed by atoms with Gasteiger partial charge in [0.25, 0.3) is 0 Å². The highest BCUT2D eigenvalue weighted by molar-refractivity contribution is 7.99. The van der Waals surface area contributed by atoms with Gasteiger partial charge in [0.15, 0.2) is 0 Å². The molecule has 20 heavy (non-hydrogen) atoms. The maximum Gasteiger partial charge on any atom is 0.337 e. The minimum Gasteiger partial charge on any atom is -0.478 e. The van der Waals surface area contributed by atoms with E-state index in [2.05, 4.69) is 9.72 Å². The number of carboxylic acid groups (broad SMARTS) is 1. The third kappa shape index (κ3) is 3.36. The largest absolute Gasteiger partial charge is 0.478 e. The van der Waals surface area contributed by atoms with Crippen molar-refractivity contribution in [3.63, 3.8) is 0 Å². The Morgan fingerprint density at radius 3 is 2.70 bits per heavy atom. The molecule has 1 aromatic carbocycles. The van der Waals surface area contributed by atoms with Crippen LogP contribution in [0.1, 0.15) is 20.7 Å². The molecule has 0 saturated heterocycles. The Balaban J connectivity index is 2.24. The van der Waals surface area contributed by atoms with Crippen LogP contribution in [0.4, 0.5) is 0 Å². The van der Waals surface area contributed by atoms with E-state index < -0.39 is 11.9 Å². The fourth-order valence-electron chi connectivity index (χ4n) is 1.52. The summed E-state index contributed by atoms with van der Waals surface area (Å²) in [4.78, 5) is 27.2. The highest BCUT2D eigenvalue weighted by Gasteiger charge is 2.09. The average Bonchev–Trinajstić information content (AvgIpc) is 2.47. The number of pyridine rings is 1. The molecule has 0 spiro atoms. The summed E-state index contributed by atoms with van der Waals surface area (Å²) < 4.78 is 4.64. The molecule has 102 valence electrons. The molecule has 6 heteroatoms. The summed E-state index contributed by atoms with van der Waals surface area (Å²) in [6, 6.07) is 9.68. The Labute approximate surface area is 119 Å². The smallest absolute Gasteiger partial charge is 0.337 e. The summed E-state index contributed by atoms with van der Waals surface area (Å²) in [5.41, 5.74) is 0.610. The first kappa shape index (κ1) is 14.1. The van der Waals surface area contributed by atoms with Crippen molar-refractivity contribution >= 4 is 23.7 Å². The first-order valence-corrected chi connectivity index (χ1v) is 6.47. The average molecular weight is 289 g/mol. The van der Waals surface area contributed by atoms with Gasteiger partial charge in [-0.05, 0) is 30.3 Å². The predicted octanol–water partition coefficient (Wildman–Crippen LogP) is 2.72. The van der Waals surface area contributed by atoms with E-state index in [9.17, 15) is 9.59 Å². The number of carbonyl (C=O) groups excluding carboxylic acids is 1. The van der Waals surface area contributed by atoms with Crippen LogP contribution in [0.2, 0.25) is 0 Å². The maximum absolute atomic E-state index is 11.4. The zero-order valence-electron chi connectivity index (χ0n) is 10.6. The number of nitrogens with zero attached hydrogens (tertiary/aromatic N) is 1. The number of hydrogen-bond acceptors (Lipinski definition) is 5. The number of esters is 1. The minimum absolute atomic E-state index is 0.208. The van der Waals surface area contributed by atoms with Crippen LogP contribution in [0.3, 0.4) is 0 Å². The molecule has 0 fully saturated rings. The third-order valence-electron chi connectivity index (χ3n) is 2.46. The standard InChI is InChI=1S/C14H11NO4S/c1-19-14(18)10-5-6-15-12(8-10)20-11-4-2-3-9(7-11)13(16)17/h2-8H,1H3,(H,16,17). The number of rotatable bonds is 4. The summed E-state index contributed by atoms with van der Waals surface area (Å²) in [5.74, 6) is -1.42. The van der Waals surface area contributed by atoms with E-state index in [-0.39, 0.29) is 5.56 Å². The second kappa shape index (κ2) is 6.21. The van der Waals surface area contributed by atoms with E-state index >= 15 is 0 Å². The summed E-state index contributed by atoms with van der Waals surface area (Å²) in [5, 5.41) is 9.53. The van der Waals surface area contributed by atoms with Gasteiger partial charge in [-0.2, -0.15) is 0 Å². The van der Waals surface area contributed by atoms with E-state index in [1.807, 2.05) is 0 Å². The van der Waals surface area contributed by atoms with E-state index in [1.54, 1.807) is 30.3 Å². The molecule has 0 aliphatic heterocycles. The monoisotopic (exact) mass is 289 g/mol. The molecule has 2 aromatic rings. The van der Waals surface area contributed by atoms with Crippen LogP contribution < -0.4 is 0 Å². The SMILES string of the molecule is COC(=O)c1ccnc(Sc2cccc(C(=O)O)c2)c1. The number of ether oxygens (including phenoxy) is 1. The van der Waals surface area contributed by atoms with Crippen molar-refractivity contribution in [2.75, 3.05) is 7.11 Å². The summed E-state index contributed by atoms with van der Waals surface area (Å²) >= 11 is 1.28. The van der Waals surface area contributed by atoms with E-state index in [4.69, 9.17) is 5.11 Å². The van der Waals surface area contributed by atoms with E-state index in [0.717, 1.165) is 4.90 Å². The molecule has 0 aliphatic carbocycles. The van der Waals surface area contributed by atoms with Gasteiger partial charge in [0.05, 0.1) is 18.2 Å². The summed E-state index contributed by atoms with van der Waals surface area (Å²) in [6.45, 7) is 0. The van der Waals surface area contributed by atoms with Crippen LogP contribution in [0.25, 0.3) is 0 Å². The molecule has 0 saturated carbocycles. The van der Waals surface area contributed by atoms with Crippen LogP contribution in [-0.4, -0.2) is 29.1 Å². The van der Waals surface area contributed by atoms with E-state index in [0.29, 0.717) is 10.6 Å². The Kier molecular flexibility index (Phi) is 4.37. The lowest BCUT2D eigenvalue weighted by Gasteiger charge is -2.04. The lowest BCUT2D eigenvalue weighted by Crippen LogP contribution is -2.01. The van der Waals surface area contributed by atoms with Crippen LogP contribution in [0, 0.1) is 0 Å². The van der Waals surface area contributed by atoms with E-state index in [1.165, 1.54) is 31.1 Å². The zero-order valence-corrected chi connectivity index (χ0v) is 11.4. The number of aromatic nitrogens is 1. The van der Waals surface area contributed by atoms with Crippen LogP contribution in [0.15, 0.2) is 52.5 Å². The van der Waals surface area contributed by atoms with Gasteiger partial charge < -0.3 is 9.84 Å². The van der Waals surface area contributed by atoms with Crippen LogP contribution >= 0.6 is 11.8 Å². The Morgan fingerprint density at radius 1 is 1.20 bits per heavy atom. The summed E-state index contributed by atoms with van der Waals surface area (Å²) in [7, 11) is 1.31. The lowest BCUT2D eigenvalue weighted by atomic mass is 10.2. The number of methoxy groups -OCH3 is 1. The van der Waals surface area contributed by atoms with Gasteiger partial charge >= 0.3 is 11.9 Å². The van der Waals surface area contributed by atoms with Gasteiger partial charge in [-0.25, -0.2) is 14.6 Å². The molecule has 0 amide bonds. The maximum atomic E-state index is 11.4. The van der Waals surface area contributed by atoms with Crippen molar-refractivity contribution in [3.8, 4) is 0 Å². The van der Waals surface area contributed by atoms with Gasteiger partial charge in [0, 0.05) is 11.1 Å². The molecule has 1 heterocycles. The van der Waals surface area contributed by atoms with Crippen molar-refractivity contribution in [2.24, 2.45) is 0 Å². The molecule has 0 unspecified atom stereocenters. The van der Waals surface area contributed by atoms with Crippen molar-refractivity contribution in [1.82, 2.24) is 4.98 Å². The molecular formula is C14H11NO4S. The van der Waals surface area contributed by atoms with Gasteiger partial charge in [-0.3, -0.25) is 0 Å². The lowest BCUT2D eigenvalue weighted by molar-refractivity contribution is 0.0599. The van der Waals surface area contributed by atoms with Gasteiger partial charge in [0.2, 0.25) is 0 Å². The van der Waals surface area contributed by atoms with Gasteiger partial charge in [0.1, 0.15) is 5.03 Å². The molecule has 5 nitrogen and oxygen atoms in total. The quantitative estimate of drug-likeness (QED) is 0.872. The van der Waals surface area contributed by atoms with Crippen molar-refractivity contribution in [3.05, 3.63) is 53.7 Å². The Hall–Kier alpha value is -2.34. The molecule has 0 radical (unpaired) electrons. The fraction of sp³-hybridized carbons (Fsp3) is 0.0714. The van der Waals surface area contributed by atoms with Crippen molar-refractivity contribution in [2.45, 2.75) is 9.92 Å². The molecular weight excluding hydrogens is 278 g/mol. The minimum atomic E-state index is -0.983. The molecule has 0 bridgehead atoms. The van der Waals surface area contributed by atoms with Gasteiger partial charge in [-0.1, -0.05) is 17.8 Å². The van der Waals surface area contributed by atoms with Crippen LogP contribution in [-0.2, 0) is 4.74 Å². The predicted molar refractivity (Wildman–Crippen MR) is 73.1 cm³/mol. The zero-order chi connectivity index (χ0) is 14.5. The molecule has 1 N–H and O–H groups in total. The molecule has 1 aromatic heterocycles. The highest BCUT2D eigenvalue weighted by atomic mass is 32.2. The normalized spacial score (nSPS) is 10.1. The highest BCUT2D eigenvalue weighted by Crippen LogP contribution is 2.27.